The molecule has 134 valence electrons. The first-order valence-corrected chi connectivity index (χ1v) is 8.68. The molecule has 0 atom stereocenters. The molecule has 1 fully saturated rings. The van der Waals surface area contributed by atoms with Gasteiger partial charge in [0.1, 0.15) is 5.82 Å². The van der Waals surface area contributed by atoms with Gasteiger partial charge in [0, 0.05) is 25.4 Å². The van der Waals surface area contributed by atoms with Gasteiger partial charge in [0.2, 0.25) is 0 Å². The number of piperidine rings is 1. The maximum absolute atomic E-state index is 13.0. The number of amides is 1. The van der Waals surface area contributed by atoms with E-state index in [1.165, 1.54) is 12.1 Å². The maximum Gasteiger partial charge on any atom is 0.276 e. The van der Waals surface area contributed by atoms with Crippen LogP contribution in [0.15, 0.2) is 47.2 Å². The van der Waals surface area contributed by atoms with E-state index in [1.54, 1.807) is 18.5 Å². The summed E-state index contributed by atoms with van der Waals surface area (Å²) in [5.41, 5.74) is 2.21. The maximum atomic E-state index is 13.0. The van der Waals surface area contributed by atoms with Crippen molar-refractivity contribution in [3.63, 3.8) is 0 Å². The fourth-order valence-electron chi connectivity index (χ4n) is 3.35. The number of hydrogen-bond acceptors (Lipinski definition) is 4. The largest absolute Gasteiger partial charge is 0.355 e. The van der Waals surface area contributed by atoms with Gasteiger partial charge in [-0.15, -0.1) is 0 Å². The average molecular weight is 354 g/mol. The number of benzene rings is 1. The number of likely N-dealkylation sites (tertiary alicyclic amines) is 1. The van der Waals surface area contributed by atoms with E-state index in [0.29, 0.717) is 30.5 Å². The zero-order valence-corrected chi connectivity index (χ0v) is 14.2. The van der Waals surface area contributed by atoms with Gasteiger partial charge in [0.25, 0.3) is 5.91 Å². The van der Waals surface area contributed by atoms with Crippen molar-refractivity contribution in [2.45, 2.75) is 19.3 Å². The third-order valence-corrected chi connectivity index (χ3v) is 4.85. The summed E-state index contributed by atoms with van der Waals surface area (Å²) in [5.74, 6) is 0.705. The van der Waals surface area contributed by atoms with Gasteiger partial charge in [-0.25, -0.2) is 4.39 Å². The van der Waals surface area contributed by atoms with Crippen molar-refractivity contribution in [1.82, 2.24) is 20.3 Å². The first-order valence-electron chi connectivity index (χ1n) is 8.68. The van der Waals surface area contributed by atoms with Crippen molar-refractivity contribution in [3.05, 3.63) is 59.8 Å². The van der Waals surface area contributed by atoms with Gasteiger partial charge in [-0.05, 0) is 42.9 Å². The molecular weight excluding hydrogens is 335 g/mol. The number of aromatic nitrogens is 3. The SMILES string of the molecule is O=C(c1cc(-c2cn[nH]c2)on1)N1CCC(Cc2ccc(F)cc2)CC1. The molecule has 1 saturated heterocycles. The predicted octanol–water partition coefficient (Wildman–Crippen LogP) is 3.30. The summed E-state index contributed by atoms with van der Waals surface area (Å²) in [7, 11) is 0. The summed E-state index contributed by atoms with van der Waals surface area (Å²) in [4.78, 5) is 14.4. The number of aromatic amines is 1. The van der Waals surface area contributed by atoms with E-state index in [4.69, 9.17) is 4.52 Å². The van der Waals surface area contributed by atoms with Gasteiger partial charge in [-0.1, -0.05) is 17.3 Å². The van der Waals surface area contributed by atoms with Gasteiger partial charge in [-0.3, -0.25) is 9.89 Å². The molecule has 1 N–H and O–H groups in total. The van der Waals surface area contributed by atoms with Crippen LogP contribution in [0.3, 0.4) is 0 Å². The molecular formula is C19H19FN4O2. The van der Waals surface area contributed by atoms with E-state index in [-0.39, 0.29) is 11.7 Å². The highest BCUT2D eigenvalue weighted by Crippen LogP contribution is 2.24. The molecule has 3 aromatic rings. The molecule has 6 nitrogen and oxygen atoms in total. The number of nitrogens with one attached hydrogen (secondary N) is 1. The zero-order valence-electron chi connectivity index (χ0n) is 14.2. The Bertz CT molecular complexity index is 865. The van der Waals surface area contributed by atoms with Crippen LogP contribution >= 0.6 is 0 Å². The van der Waals surface area contributed by atoms with Gasteiger partial charge in [-0.2, -0.15) is 5.10 Å². The molecule has 1 amide bonds. The number of carbonyl (C=O) groups excluding carboxylic acids is 1. The van der Waals surface area contributed by atoms with Gasteiger partial charge >= 0.3 is 0 Å². The molecule has 1 aliphatic rings. The third kappa shape index (κ3) is 3.51. The molecule has 0 saturated carbocycles. The predicted molar refractivity (Wildman–Crippen MR) is 92.8 cm³/mol. The summed E-state index contributed by atoms with van der Waals surface area (Å²) < 4.78 is 18.2. The summed E-state index contributed by atoms with van der Waals surface area (Å²) in [6.45, 7) is 1.39. The van der Waals surface area contributed by atoms with E-state index >= 15 is 0 Å². The Hall–Kier alpha value is -2.96. The smallest absolute Gasteiger partial charge is 0.276 e. The Morgan fingerprint density at radius 2 is 2.04 bits per heavy atom. The molecule has 0 bridgehead atoms. The van der Waals surface area contributed by atoms with E-state index in [2.05, 4.69) is 15.4 Å². The summed E-state index contributed by atoms with van der Waals surface area (Å²) in [6.07, 6.45) is 6.08. The molecule has 3 heterocycles. The van der Waals surface area contributed by atoms with Crippen molar-refractivity contribution < 1.29 is 13.7 Å². The number of rotatable bonds is 4. The van der Waals surface area contributed by atoms with Crippen molar-refractivity contribution in [3.8, 4) is 11.3 Å². The quantitative estimate of drug-likeness (QED) is 0.780. The van der Waals surface area contributed by atoms with Crippen LogP contribution in [0.4, 0.5) is 4.39 Å². The second-order valence-corrected chi connectivity index (χ2v) is 6.63. The molecule has 26 heavy (non-hydrogen) atoms. The zero-order chi connectivity index (χ0) is 17.9. The second kappa shape index (κ2) is 7.11. The van der Waals surface area contributed by atoms with E-state index in [9.17, 15) is 9.18 Å². The van der Waals surface area contributed by atoms with Crippen molar-refractivity contribution in [2.24, 2.45) is 5.92 Å². The highest BCUT2D eigenvalue weighted by Gasteiger charge is 2.26. The van der Waals surface area contributed by atoms with Gasteiger partial charge in [0.05, 0.1) is 11.8 Å². The monoisotopic (exact) mass is 354 g/mol. The lowest BCUT2D eigenvalue weighted by Crippen LogP contribution is -2.39. The number of hydrogen-bond donors (Lipinski definition) is 1. The summed E-state index contributed by atoms with van der Waals surface area (Å²) >= 11 is 0. The lowest BCUT2D eigenvalue weighted by Gasteiger charge is -2.31. The highest BCUT2D eigenvalue weighted by molar-refractivity contribution is 5.93. The number of H-pyrrole nitrogens is 1. The Morgan fingerprint density at radius 3 is 2.73 bits per heavy atom. The van der Waals surface area contributed by atoms with Crippen LogP contribution in [-0.2, 0) is 6.42 Å². The van der Waals surface area contributed by atoms with Crippen LogP contribution in [0.2, 0.25) is 0 Å². The molecule has 0 radical (unpaired) electrons. The van der Waals surface area contributed by atoms with Crippen molar-refractivity contribution in [1.29, 1.82) is 0 Å². The number of halogens is 1. The minimum absolute atomic E-state index is 0.108. The minimum Gasteiger partial charge on any atom is -0.355 e. The molecule has 0 spiro atoms. The summed E-state index contributed by atoms with van der Waals surface area (Å²) in [5, 5.41) is 10.5. The van der Waals surface area contributed by atoms with Crippen LogP contribution in [0.1, 0.15) is 28.9 Å². The van der Waals surface area contributed by atoms with E-state index in [1.807, 2.05) is 17.0 Å². The van der Waals surface area contributed by atoms with Gasteiger partial charge in [0.15, 0.2) is 11.5 Å². The molecule has 2 aromatic heterocycles. The van der Waals surface area contributed by atoms with Gasteiger partial charge < -0.3 is 9.42 Å². The Labute approximate surface area is 150 Å². The second-order valence-electron chi connectivity index (χ2n) is 6.63. The molecule has 0 unspecified atom stereocenters. The van der Waals surface area contributed by atoms with Crippen LogP contribution in [0, 0.1) is 11.7 Å². The molecule has 1 aromatic carbocycles. The van der Waals surface area contributed by atoms with E-state index < -0.39 is 0 Å². The third-order valence-electron chi connectivity index (χ3n) is 4.85. The lowest BCUT2D eigenvalue weighted by molar-refractivity contribution is 0.0680. The van der Waals surface area contributed by atoms with Crippen molar-refractivity contribution >= 4 is 5.91 Å². The average Bonchev–Trinajstić information content (AvgIpc) is 3.35. The van der Waals surface area contributed by atoms with E-state index in [0.717, 1.165) is 30.4 Å². The Kier molecular flexibility index (Phi) is 4.51. The summed E-state index contributed by atoms with van der Waals surface area (Å²) in [6, 6.07) is 8.31. The van der Waals surface area contributed by atoms with Crippen LogP contribution < -0.4 is 0 Å². The first kappa shape index (κ1) is 16.5. The molecule has 0 aliphatic carbocycles. The Morgan fingerprint density at radius 1 is 1.27 bits per heavy atom. The Balaban J connectivity index is 1.34. The molecule has 7 heteroatoms. The standard InChI is InChI=1S/C19H19FN4O2/c20-16-3-1-13(2-4-16)9-14-5-7-24(8-6-14)19(25)17-10-18(26-23-17)15-11-21-22-12-15/h1-4,10-12,14H,5-9H2,(H,21,22). The van der Waals surface area contributed by atoms with Crippen LogP contribution in [-0.4, -0.2) is 39.3 Å². The first-order chi connectivity index (χ1) is 12.7. The molecule has 4 rings (SSSR count). The number of carbonyl (C=O) groups is 1. The van der Waals surface area contributed by atoms with Crippen LogP contribution in [0.25, 0.3) is 11.3 Å². The lowest BCUT2D eigenvalue weighted by atomic mass is 9.90. The number of nitrogens with zero attached hydrogens (tertiary/aromatic N) is 3. The normalized spacial score (nSPS) is 15.3. The highest BCUT2D eigenvalue weighted by atomic mass is 19.1. The fourth-order valence-corrected chi connectivity index (χ4v) is 3.35. The van der Waals surface area contributed by atoms with Crippen molar-refractivity contribution in [2.75, 3.05) is 13.1 Å². The minimum atomic E-state index is -0.212. The topological polar surface area (TPSA) is 75.0 Å². The molecule has 1 aliphatic heterocycles. The van der Waals surface area contributed by atoms with Crippen LogP contribution in [0.5, 0.6) is 0 Å². The fraction of sp³-hybridized carbons (Fsp3) is 0.316.